The van der Waals surface area contributed by atoms with Crippen molar-refractivity contribution in [1.29, 1.82) is 0 Å². The van der Waals surface area contributed by atoms with E-state index in [1.807, 2.05) is 0 Å². The summed E-state index contributed by atoms with van der Waals surface area (Å²) in [7, 11) is 0. The van der Waals surface area contributed by atoms with Crippen molar-refractivity contribution >= 4 is 0 Å². The van der Waals surface area contributed by atoms with E-state index >= 15 is 0 Å². The van der Waals surface area contributed by atoms with Gasteiger partial charge in [0.25, 0.3) is 0 Å². The molecule has 4 heteroatoms. The zero-order valence-corrected chi connectivity index (χ0v) is 10.8. The summed E-state index contributed by atoms with van der Waals surface area (Å²) < 4.78 is 16.4. The second kappa shape index (κ2) is 7.22. The summed E-state index contributed by atoms with van der Waals surface area (Å²) in [5, 5.41) is 0. The molecular weight excluding hydrogens is 206 g/mol. The molecule has 0 unspecified atom stereocenters. The Balaban J connectivity index is 1.87. The lowest BCUT2D eigenvalue weighted by Crippen LogP contribution is -2.38. The van der Waals surface area contributed by atoms with Gasteiger partial charge in [0.15, 0.2) is 0 Å². The molecule has 16 heavy (non-hydrogen) atoms. The second-order valence-electron chi connectivity index (χ2n) is 5.03. The fraction of sp³-hybridized carbons (Fsp3) is 1.00. The fourth-order valence-electron chi connectivity index (χ4n) is 1.53. The third kappa shape index (κ3) is 7.17. The molecule has 0 aromatic rings. The molecule has 0 aromatic carbocycles. The number of hydrogen-bond donors (Lipinski definition) is 0. The Labute approximate surface area is 98.8 Å². The summed E-state index contributed by atoms with van der Waals surface area (Å²) in [5.41, 5.74) is -0.0619. The van der Waals surface area contributed by atoms with Crippen LogP contribution >= 0.6 is 0 Å². The normalized spacial score (nSPS) is 18.9. The maximum Gasteiger partial charge on any atom is 0.0707 e. The van der Waals surface area contributed by atoms with Crippen molar-refractivity contribution in [3.63, 3.8) is 0 Å². The van der Waals surface area contributed by atoms with Gasteiger partial charge in [0.1, 0.15) is 0 Å². The minimum Gasteiger partial charge on any atom is -0.379 e. The smallest absolute Gasteiger partial charge is 0.0707 e. The molecule has 1 aliphatic rings. The van der Waals surface area contributed by atoms with Gasteiger partial charge in [-0.1, -0.05) is 0 Å². The van der Waals surface area contributed by atoms with E-state index in [2.05, 4.69) is 25.7 Å². The summed E-state index contributed by atoms with van der Waals surface area (Å²) in [6.45, 7) is 13.1. The second-order valence-corrected chi connectivity index (χ2v) is 5.03. The van der Waals surface area contributed by atoms with Crippen molar-refractivity contribution in [3.8, 4) is 0 Å². The van der Waals surface area contributed by atoms with E-state index in [4.69, 9.17) is 14.2 Å². The molecule has 0 aromatic heterocycles. The third-order valence-electron chi connectivity index (χ3n) is 2.42. The van der Waals surface area contributed by atoms with E-state index in [-0.39, 0.29) is 5.60 Å². The van der Waals surface area contributed by atoms with Crippen LogP contribution in [0.5, 0.6) is 0 Å². The van der Waals surface area contributed by atoms with Gasteiger partial charge in [-0.25, -0.2) is 0 Å². The largest absolute Gasteiger partial charge is 0.379 e. The first-order chi connectivity index (χ1) is 7.58. The van der Waals surface area contributed by atoms with Gasteiger partial charge in [0.05, 0.1) is 38.6 Å². The Hall–Kier alpha value is -0.160. The molecule has 1 fully saturated rings. The highest BCUT2D eigenvalue weighted by Gasteiger charge is 2.10. The van der Waals surface area contributed by atoms with Gasteiger partial charge in [0.2, 0.25) is 0 Å². The molecule has 0 N–H and O–H groups in total. The van der Waals surface area contributed by atoms with E-state index in [0.29, 0.717) is 13.2 Å². The third-order valence-corrected chi connectivity index (χ3v) is 2.42. The van der Waals surface area contributed by atoms with Gasteiger partial charge in [0, 0.05) is 19.6 Å². The summed E-state index contributed by atoms with van der Waals surface area (Å²) in [6, 6.07) is 0. The predicted octanol–water partition coefficient (Wildman–Crippen LogP) is 1.15. The number of nitrogens with zero attached hydrogens (tertiary/aromatic N) is 1. The molecule has 0 radical (unpaired) electrons. The van der Waals surface area contributed by atoms with Gasteiger partial charge in [-0.05, 0) is 20.8 Å². The Bertz CT molecular complexity index is 174. The summed E-state index contributed by atoms with van der Waals surface area (Å²) in [6.07, 6.45) is 0. The molecule has 0 spiro atoms. The van der Waals surface area contributed by atoms with Gasteiger partial charge in [-0.15, -0.1) is 0 Å². The van der Waals surface area contributed by atoms with Gasteiger partial charge < -0.3 is 14.2 Å². The van der Waals surface area contributed by atoms with Crippen molar-refractivity contribution < 1.29 is 14.2 Å². The number of morpholine rings is 1. The van der Waals surface area contributed by atoms with Crippen molar-refractivity contribution in [2.75, 3.05) is 52.7 Å². The van der Waals surface area contributed by atoms with E-state index < -0.39 is 0 Å². The molecule has 0 amide bonds. The molecule has 0 aliphatic carbocycles. The Morgan fingerprint density at radius 2 is 1.75 bits per heavy atom. The van der Waals surface area contributed by atoms with Crippen LogP contribution in [0.3, 0.4) is 0 Å². The van der Waals surface area contributed by atoms with Gasteiger partial charge in [-0.3, -0.25) is 4.90 Å². The zero-order chi connectivity index (χ0) is 11.9. The standard InChI is InChI=1S/C12H25NO3/c1-12(2,3)16-11-10-15-9-6-13-4-7-14-8-5-13/h4-11H2,1-3H3. The van der Waals surface area contributed by atoms with Crippen molar-refractivity contribution in [2.24, 2.45) is 0 Å². The lowest BCUT2D eigenvalue weighted by atomic mass is 10.2. The predicted molar refractivity (Wildman–Crippen MR) is 63.8 cm³/mol. The van der Waals surface area contributed by atoms with Crippen LogP contribution in [0.25, 0.3) is 0 Å². The molecular formula is C12H25NO3. The molecule has 0 saturated carbocycles. The SMILES string of the molecule is CC(C)(C)OCCOCCN1CCOCC1. The minimum atomic E-state index is -0.0619. The van der Waals surface area contributed by atoms with Crippen molar-refractivity contribution in [1.82, 2.24) is 4.90 Å². The van der Waals surface area contributed by atoms with E-state index in [9.17, 15) is 0 Å². The van der Waals surface area contributed by atoms with Crippen molar-refractivity contribution in [2.45, 2.75) is 26.4 Å². The van der Waals surface area contributed by atoms with Crippen LogP contribution in [0.1, 0.15) is 20.8 Å². The lowest BCUT2D eigenvalue weighted by Gasteiger charge is -2.26. The monoisotopic (exact) mass is 231 g/mol. The number of rotatable bonds is 6. The van der Waals surface area contributed by atoms with E-state index in [0.717, 1.165) is 39.5 Å². The van der Waals surface area contributed by atoms with Gasteiger partial charge in [-0.2, -0.15) is 0 Å². The summed E-state index contributed by atoms with van der Waals surface area (Å²) in [5.74, 6) is 0. The highest BCUT2D eigenvalue weighted by atomic mass is 16.5. The van der Waals surface area contributed by atoms with Crippen molar-refractivity contribution in [3.05, 3.63) is 0 Å². The lowest BCUT2D eigenvalue weighted by molar-refractivity contribution is -0.0401. The fourth-order valence-corrected chi connectivity index (χ4v) is 1.53. The van der Waals surface area contributed by atoms with Crippen LogP contribution < -0.4 is 0 Å². The molecule has 0 atom stereocenters. The highest BCUT2D eigenvalue weighted by Crippen LogP contribution is 2.05. The molecule has 4 nitrogen and oxygen atoms in total. The maximum atomic E-state index is 5.56. The average Bonchev–Trinajstić information content (AvgIpc) is 2.23. The van der Waals surface area contributed by atoms with E-state index in [1.54, 1.807) is 0 Å². The molecule has 96 valence electrons. The Morgan fingerprint density at radius 3 is 2.38 bits per heavy atom. The first-order valence-electron chi connectivity index (χ1n) is 6.10. The first-order valence-corrected chi connectivity index (χ1v) is 6.10. The molecule has 1 rings (SSSR count). The Kier molecular flexibility index (Phi) is 6.28. The molecule has 1 heterocycles. The van der Waals surface area contributed by atoms with Crippen LogP contribution in [0.15, 0.2) is 0 Å². The topological polar surface area (TPSA) is 30.9 Å². The number of hydrogen-bond acceptors (Lipinski definition) is 4. The molecule has 1 aliphatic heterocycles. The molecule has 1 saturated heterocycles. The maximum absolute atomic E-state index is 5.56. The number of ether oxygens (including phenoxy) is 3. The average molecular weight is 231 g/mol. The zero-order valence-electron chi connectivity index (χ0n) is 10.8. The highest BCUT2D eigenvalue weighted by molar-refractivity contribution is 4.61. The minimum absolute atomic E-state index is 0.0619. The van der Waals surface area contributed by atoms with E-state index in [1.165, 1.54) is 0 Å². The van der Waals surface area contributed by atoms with Gasteiger partial charge >= 0.3 is 0 Å². The summed E-state index contributed by atoms with van der Waals surface area (Å²) in [4.78, 5) is 2.37. The van der Waals surface area contributed by atoms with Crippen LogP contribution in [0.2, 0.25) is 0 Å². The first kappa shape index (κ1) is 13.9. The van der Waals surface area contributed by atoms with Crippen LogP contribution in [-0.4, -0.2) is 63.2 Å². The summed E-state index contributed by atoms with van der Waals surface area (Å²) >= 11 is 0. The van der Waals surface area contributed by atoms with Crippen LogP contribution in [0, 0.1) is 0 Å². The Morgan fingerprint density at radius 1 is 1.06 bits per heavy atom. The molecule has 0 bridgehead atoms. The van der Waals surface area contributed by atoms with Crippen LogP contribution in [0.4, 0.5) is 0 Å². The van der Waals surface area contributed by atoms with Crippen LogP contribution in [-0.2, 0) is 14.2 Å². The quantitative estimate of drug-likeness (QED) is 0.642.